The molecule has 0 saturated heterocycles. The van der Waals surface area contributed by atoms with Gasteiger partial charge in [-0.15, -0.1) is 0 Å². The molecule has 1 N–H and O–H groups in total. The van der Waals surface area contributed by atoms with Crippen LogP contribution in [-0.2, 0) is 9.63 Å². The fourth-order valence-corrected chi connectivity index (χ4v) is 1.85. The maximum atomic E-state index is 10.6. The van der Waals surface area contributed by atoms with E-state index in [0.717, 1.165) is 5.56 Å². The molecular formula is C12H8ClN5O2. The summed E-state index contributed by atoms with van der Waals surface area (Å²) >= 11 is 5.90. The molecule has 100 valence electrons. The predicted molar refractivity (Wildman–Crippen MR) is 70.9 cm³/mol. The van der Waals surface area contributed by atoms with E-state index in [0.29, 0.717) is 28.5 Å². The number of carbonyl (C=O) groups is 1. The van der Waals surface area contributed by atoms with Gasteiger partial charge in [0.25, 0.3) is 6.23 Å². The Morgan fingerprint density at radius 1 is 1.25 bits per heavy atom. The van der Waals surface area contributed by atoms with E-state index in [1.807, 2.05) is 0 Å². The average Bonchev–Trinajstić information content (AvgIpc) is 2.96. The molecule has 3 heterocycles. The van der Waals surface area contributed by atoms with Gasteiger partial charge in [-0.3, -0.25) is 9.78 Å². The summed E-state index contributed by atoms with van der Waals surface area (Å²) in [4.78, 5) is 27.7. The predicted octanol–water partition coefficient (Wildman–Crippen LogP) is 0.998. The van der Waals surface area contributed by atoms with Gasteiger partial charge in [0.2, 0.25) is 0 Å². The van der Waals surface area contributed by atoms with Crippen molar-refractivity contribution in [2.45, 2.75) is 6.23 Å². The summed E-state index contributed by atoms with van der Waals surface area (Å²) in [7, 11) is 0. The Labute approximate surface area is 118 Å². The van der Waals surface area contributed by atoms with Crippen LogP contribution in [-0.4, -0.2) is 33.3 Å². The van der Waals surface area contributed by atoms with Crippen molar-refractivity contribution in [1.29, 1.82) is 0 Å². The molecule has 3 rings (SSSR count). The highest BCUT2D eigenvalue weighted by atomic mass is 35.5. The maximum absolute atomic E-state index is 10.6. The summed E-state index contributed by atoms with van der Waals surface area (Å²) in [5.41, 5.74) is 1.91. The van der Waals surface area contributed by atoms with Crippen LogP contribution in [0.1, 0.15) is 5.69 Å². The number of hydrogen-bond donors (Lipinski definition) is 1. The minimum absolute atomic E-state index is 0.376. The average molecular weight is 290 g/mol. The zero-order chi connectivity index (χ0) is 13.9. The monoisotopic (exact) mass is 289 g/mol. The first kappa shape index (κ1) is 12.5. The van der Waals surface area contributed by atoms with Crippen LogP contribution in [0.3, 0.4) is 0 Å². The van der Waals surface area contributed by atoms with E-state index in [1.165, 1.54) is 12.5 Å². The summed E-state index contributed by atoms with van der Waals surface area (Å²) in [6.07, 6.45) is 4.41. The lowest BCUT2D eigenvalue weighted by atomic mass is 10.2. The number of halogens is 1. The number of nitrogens with zero attached hydrogens (tertiary/aromatic N) is 4. The van der Waals surface area contributed by atoms with Crippen LogP contribution in [0.2, 0.25) is 5.02 Å². The quantitative estimate of drug-likeness (QED) is 0.848. The zero-order valence-corrected chi connectivity index (χ0v) is 10.8. The Morgan fingerprint density at radius 3 is 2.85 bits per heavy atom. The number of amidine groups is 1. The highest BCUT2D eigenvalue weighted by Gasteiger charge is 2.21. The van der Waals surface area contributed by atoms with E-state index >= 15 is 0 Å². The Morgan fingerprint density at radius 2 is 2.10 bits per heavy atom. The molecule has 0 amide bonds. The number of hydrogen-bond acceptors (Lipinski definition) is 7. The Balaban J connectivity index is 1.93. The van der Waals surface area contributed by atoms with Gasteiger partial charge in [-0.25, -0.2) is 9.97 Å². The summed E-state index contributed by atoms with van der Waals surface area (Å²) in [5.74, 6) is 0.376. The molecule has 2 aromatic rings. The first-order valence-electron chi connectivity index (χ1n) is 5.65. The van der Waals surface area contributed by atoms with Crippen molar-refractivity contribution in [3.63, 3.8) is 0 Å². The molecule has 0 fully saturated rings. The maximum Gasteiger partial charge on any atom is 0.254 e. The van der Waals surface area contributed by atoms with Crippen LogP contribution in [0.4, 0.5) is 0 Å². The van der Waals surface area contributed by atoms with Gasteiger partial charge in [-0.2, -0.15) is 0 Å². The molecular weight excluding hydrogens is 282 g/mol. The lowest BCUT2D eigenvalue weighted by Gasteiger charge is -2.04. The molecule has 8 heteroatoms. The highest BCUT2D eigenvalue weighted by molar-refractivity contribution is 6.30. The molecule has 7 nitrogen and oxygen atoms in total. The van der Waals surface area contributed by atoms with Crippen molar-refractivity contribution in [3.8, 4) is 11.3 Å². The van der Waals surface area contributed by atoms with Crippen molar-refractivity contribution < 1.29 is 9.63 Å². The highest BCUT2D eigenvalue weighted by Crippen LogP contribution is 2.20. The van der Waals surface area contributed by atoms with Gasteiger partial charge in [0.15, 0.2) is 12.1 Å². The summed E-state index contributed by atoms with van der Waals surface area (Å²) in [6, 6.07) is 3.45. The van der Waals surface area contributed by atoms with Crippen molar-refractivity contribution in [3.05, 3.63) is 41.6 Å². The standard InChI is InChI=1S/C12H8ClN5O2/c13-8-1-7(3-14-4-8)9-2-10(16-6-15-9)12-17-11(5-19)20-18-12/h1-6,11H,(H,17,18). The topological polar surface area (TPSA) is 89.4 Å². The minimum Gasteiger partial charge on any atom is -0.361 e. The first-order valence-corrected chi connectivity index (χ1v) is 6.03. The number of rotatable bonds is 3. The van der Waals surface area contributed by atoms with E-state index < -0.39 is 6.23 Å². The Hall–Kier alpha value is -2.54. The number of aldehydes is 1. The third kappa shape index (κ3) is 2.43. The van der Waals surface area contributed by atoms with Crippen molar-refractivity contribution in [1.82, 2.24) is 20.3 Å². The molecule has 1 aliphatic heterocycles. The number of aromatic nitrogens is 3. The normalized spacial score (nSPS) is 17.1. The SMILES string of the molecule is O=CC1NC(c2cc(-c3cncc(Cl)c3)ncn2)=NO1. The summed E-state index contributed by atoms with van der Waals surface area (Å²) in [5, 5.41) is 7.04. The third-order valence-corrected chi connectivity index (χ3v) is 2.78. The Bertz CT molecular complexity index is 691. The fourth-order valence-electron chi connectivity index (χ4n) is 1.67. The zero-order valence-electron chi connectivity index (χ0n) is 10.0. The number of pyridine rings is 1. The van der Waals surface area contributed by atoms with E-state index in [-0.39, 0.29) is 0 Å². The largest absolute Gasteiger partial charge is 0.361 e. The van der Waals surface area contributed by atoms with E-state index in [9.17, 15) is 4.79 Å². The molecule has 0 radical (unpaired) electrons. The van der Waals surface area contributed by atoms with Crippen molar-refractivity contribution >= 4 is 23.7 Å². The van der Waals surface area contributed by atoms with Gasteiger partial charge in [-0.1, -0.05) is 16.8 Å². The lowest BCUT2D eigenvalue weighted by Crippen LogP contribution is -2.31. The van der Waals surface area contributed by atoms with Crippen LogP contribution in [0.5, 0.6) is 0 Å². The third-order valence-electron chi connectivity index (χ3n) is 2.57. The molecule has 1 unspecified atom stereocenters. The summed E-state index contributed by atoms with van der Waals surface area (Å²) < 4.78 is 0. The molecule has 0 aromatic carbocycles. The van der Waals surface area contributed by atoms with Crippen LogP contribution in [0.15, 0.2) is 36.0 Å². The Kier molecular flexibility index (Phi) is 3.26. The van der Waals surface area contributed by atoms with Crippen LogP contribution in [0, 0.1) is 0 Å². The molecule has 0 spiro atoms. The smallest absolute Gasteiger partial charge is 0.254 e. The van der Waals surface area contributed by atoms with E-state index in [4.69, 9.17) is 16.4 Å². The summed E-state index contributed by atoms with van der Waals surface area (Å²) in [6.45, 7) is 0. The first-order chi connectivity index (χ1) is 9.76. The van der Waals surface area contributed by atoms with Crippen molar-refractivity contribution in [2.75, 3.05) is 0 Å². The van der Waals surface area contributed by atoms with Gasteiger partial charge < -0.3 is 10.2 Å². The van der Waals surface area contributed by atoms with Gasteiger partial charge in [0.1, 0.15) is 12.0 Å². The molecule has 0 aliphatic carbocycles. The lowest BCUT2D eigenvalue weighted by molar-refractivity contribution is -0.117. The molecule has 1 aliphatic rings. The molecule has 0 saturated carbocycles. The van der Waals surface area contributed by atoms with E-state index in [1.54, 1.807) is 18.3 Å². The van der Waals surface area contributed by atoms with E-state index in [2.05, 4.69) is 25.4 Å². The van der Waals surface area contributed by atoms with Crippen molar-refractivity contribution in [2.24, 2.45) is 5.16 Å². The minimum atomic E-state index is -0.781. The number of nitrogens with one attached hydrogen (secondary N) is 1. The van der Waals surface area contributed by atoms with Crippen LogP contribution >= 0.6 is 11.6 Å². The molecule has 1 atom stereocenters. The second-order valence-corrected chi connectivity index (χ2v) is 4.36. The molecule has 20 heavy (non-hydrogen) atoms. The second kappa shape index (κ2) is 5.22. The van der Waals surface area contributed by atoms with Gasteiger partial charge in [0, 0.05) is 18.0 Å². The number of oxime groups is 1. The van der Waals surface area contributed by atoms with Crippen LogP contribution in [0.25, 0.3) is 11.3 Å². The molecule has 2 aromatic heterocycles. The van der Waals surface area contributed by atoms with Gasteiger partial charge in [0.05, 0.1) is 10.7 Å². The molecule has 0 bridgehead atoms. The number of carbonyl (C=O) groups excluding carboxylic acids is 1. The van der Waals surface area contributed by atoms with Gasteiger partial charge in [-0.05, 0) is 12.1 Å². The van der Waals surface area contributed by atoms with Crippen LogP contribution < -0.4 is 5.32 Å². The fraction of sp³-hybridized carbons (Fsp3) is 0.0833. The van der Waals surface area contributed by atoms with Gasteiger partial charge >= 0.3 is 0 Å². The second-order valence-electron chi connectivity index (χ2n) is 3.93.